The number of carbonyl (C=O) groups excluding carboxylic acids is 1. The summed E-state index contributed by atoms with van der Waals surface area (Å²) >= 11 is 15.8. The zero-order valence-electron chi connectivity index (χ0n) is 11.3. The van der Waals surface area contributed by atoms with Crippen LogP contribution in [-0.2, 0) is 16.0 Å². The molecule has 0 heterocycles. The first-order valence-electron chi connectivity index (χ1n) is 6.51. The Hall–Kier alpha value is -0.450. The Morgan fingerprint density at radius 1 is 1.35 bits per heavy atom. The summed E-state index contributed by atoms with van der Waals surface area (Å²) in [7, 11) is 0. The molecule has 3 nitrogen and oxygen atoms in total. The van der Waals surface area contributed by atoms with E-state index in [-0.39, 0.29) is 5.97 Å². The van der Waals surface area contributed by atoms with Crippen molar-refractivity contribution < 1.29 is 9.53 Å². The number of hydrogen-bond donors (Lipinski definition) is 1. The molecule has 0 aromatic heterocycles. The van der Waals surface area contributed by atoms with E-state index in [1.54, 1.807) is 6.92 Å². The molecule has 0 saturated heterocycles. The minimum Gasteiger partial charge on any atom is -0.466 e. The predicted octanol–water partition coefficient (Wildman–Crippen LogP) is 4.69. The third kappa shape index (κ3) is 5.90. The highest BCUT2D eigenvalue weighted by Crippen LogP contribution is 2.32. The van der Waals surface area contributed by atoms with E-state index in [9.17, 15) is 4.79 Å². The molecule has 0 atom stereocenters. The van der Waals surface area contributed by atoms with Crippen molar-refractivity contribution in [1.29, 1.82) is 0 Å². The molecule has 1 aromatic rings. The number of benzene rings is 1. The summed E-state index contributed by atoms with van der Waals surface area (Å²) in [5.41, 5.74) is 1.81. The van der Waals surface area contributed by atoms with Gasteiger partial charge in [0.15, 0.2) is 0 Å². The average molecular weight is 383 g/mol. The van der Waals surface area contributed by atoms with Crippen molar-refractivity contribution in [2.24, 2.45) is 0 Å². The van der Waals surface area contributed by atoms with Gasteiger partial charge in [-0.2, -0.15) is 0 Å². The lowest BCUT2D eigenvalue weighted by Crippen LogP contribution is -2.08. The minimum absolute atomic E-state index is 0.181. The number of rotatable bonds is 8. The van der Waals surface area contributed by atoms with Crippen molar-refractivity contribution in [3.05, 3.63) is 27.7 Å². The Kier molecular flexibility index (Phi) is 8.34. The monoisotopic (exact) mass is 381 g/mol. The largest absolute Gasteiger partial charge is 0.466 e. The maximum absolute atomic E-state index is 11.2. The van der Waals surface area contributed by atoms with Crippen LogP contribution < -0.4 is 5.32 Å². The Morgan fingerprint density at radius 3 is 2.55 bits per heavy atom. The molecular formula is C14H18BrCl2NO2. The number of alkyl halides is 1. The molecule has 0 unspecified atom stereocenters. The Balaban J connectivity index is 2.50. The van der Waals surface area contributed by atoms with Gasteiger partial charge in [0.05, 0.1) is 22.3 Å². The Bertz CT molecular complexity index is 432. The van der Waals surface area contributed by atoms with E-state index in [0.29, 0.717) is 36.0 Å². The lowest BCUT2D eigenvalue weighted by Gasteiger charge is -2.12. The number of ether oxygens (including phenoxy) is 1. The van der Waals surface area contributed by atoms with E-state index in [2.05, 4.69) is 21.2 Å². The first-order chi connectivity index (χ1) is 9.58. The van der Waals surface area contributed by atoms with Gasteiger partial charge in [-0.25, -0.2) is 0 Å². The number of anilines is 1. The lowest BCUT2D eigenvalue weighted by atomic mass is 10.1. The molecule has 0 bridgehead atoms. The van der Waals surface area contributed by atoms with Gasteiger partial charge in [0.1, 0.15) is 0 Å². The first kappa shape index (κ1) is 17.6. The van der Waals surface area contributed by atoms with Gasteiger partial charge in [-0.3, -0.25) is 4.79 Å². The maximum atomic E-state index is 11.2. The number of hydrogen-bond acceptors (Lipinski definition) is 3. The highest BCUT2D eigenvalue weighted by Gasteiger charge is 2.08. The maximum Gasteiger partial charge on any atom is 0.305 e. The Morgan fingerprint density at radius 2 is 2.00 bits per heavy atom. The van der Waals surface area contributed by atoms with Gasteiger partial charge in [-0.1, -0.05) is 39.1 Å². The summed E-state index contributed by atoms with van der Waals surface area (Å²) < 4.78 is 4.86. The summed E-state index contributed by atoms with van der Waals surface area (Å²) in [6.45, 7) is 2.83. The molecule has 6 heteroatoms. The standard InChI is InChI=1S/C14H18BrCl2NO2/c1-2-20-13(19)4-3-7-18-14-11(16)8-10(5-6-15)9-12(14)17/h8-9,18H,2-7H2,1H3. The van der Waals surface area contributed by atoms with E-state index in [4.69, 9.17) is 27.9 Å². The quantitative estimate of drug-likeness (QED) is 0.402. The molecule has 0 aliphatic heterocycles. The normalized spacial score (nSPS) is 10.4. The molecule has 0 aliphatic carbocycles. The molecule has 0 saturated carbocycles. The second kappa shape index (κ2) is 9.48. The second-order valence-electron chi connectivity index (χ2n) is 4.21. The van der Waals surface area contributed by atoms with Crippen LogP contribution >= 0.6 is 39.1 Å². The van der Waals surface area contributed by atoms with Gasteiger partial charge in [-0.15, -0.1) is 0 Å². The topological polar surface area (TPSA) is 38.3 Å². The summed E-state index contributed by atoms with van der Waals surface area (Å²) in [6.07, 6.45) is 1.94. The third-order valence-electron chi connectivity index (χ3n) is 2.65. The summed E-state index contributed by atoms with van der Waals surface area (Å²) in [6, 6.07) is 3.81. The van der Waals surface area contributed by atoms with Crippen LogP contribution in [0.1, 0.15) is 25.3 Å². The fourth-order valence-electron chi connectivity index (χ4n) is 1.73. The van der Waals surface area contributed by atoms with Gasteiger partial charge < -0.3 is 10.1 Å². The molecule has 0 fully saturated rings. The summed E-state index contributed by atoms with van der Waals surface area (Å²) in [4.78, 5) is 11.2. The van der Waals surface area contributed by atoms with Crippen molar-refractivity contribution in [3.63, 3.8) is 0 Å². The number of esters is 1. The molecule has 20 heavy (non-hydrogen) atoms. The van der Waals surface area contributed by atoms with Crippen LogP contribution in [0.15, 0.2) is 12.1 Å². The molecular weight excluding hydrogens is 365 g/mol. The molecule has 1 aromatic carbocycles. The smallest absolute Gasteiger partial charge is 0.305 e. The van der Waals surface area contributed by atoms with Gasteiger partial charge in [0, 0.05) is 18.3 Å². The molecule has 1 N–H and O–H groups in total. The van der Waals surface area contributed by atoms with Crippen molar-refractivity contribution >= 4 is 50.8 Å². The van der Waals surface area contributed by atoms with E-state index < -0.39 is 0 Å². The molecule has 0 radical (unpaired) electrons. The molecule has 112 valence electrons. The van der Waals surface area contributed by atoms with Gasteiger partial charge in [0.25, 0.3) is 0 Å². The van der Waals surface area contributed by atoms with E-state index >= 15 is 0 Å². The van der Waals surface area contributed by atoms with Crippen molar-refractivity contribution in [2.75, 3.05) is 23.8 Å². The van der Waals surface area contributed by atoms with Crippen LogP contribution in [-0.4, -0.2) is 24.5 Å². The van der Waals surface area contributed by atoms with Crippen LogP contribution in [0, 0.1) is 0 Å². The van der Waals surface area contributed by atoms with Gasteiger partial charge >= 0.3 is 5.97 Å². The Labute approximate surface area is 138 Å². The average Bonchev–Trinajstić information content (AvgIpc) is 2.37. The SMILES string of the molecule is CCOC(=O)CCCNc1c(Cl)cc(CCBr)cc1Cl. The number of aryl methyl sites for hydroxylation is 1. The predicted molar refractivity (Wildman–Crippen MR) is 88.3 cm³/mol. The summed E-state index contributed by atoms with van der Waals surface area (Å²) in [5, 5.41) is 5.23. The first-order valence-corrected chi connectivity index (χ1v) is 8.39. The van der Waals surface area contributed by atoms with Crippen LogP contribution in [0.4, 0.5) is 5.69 Å². The van der Waals surface area contributed by atoms with E-state index in [1.165, 1.54) is 0 Å². The third-order valence-corrected chi connectivity index (χ3v) is 3.64. The van der Waals surface area contributed by atoms with Gasteiger partial charge in [-0.05, 0) is 37.5 Å². The molecule has 1 rings (SSSR count). The number of halogens is 3. The van der Waals surface area contributed by atoms with Gasteiger partial charge in [0.2, 0.25) is 0 Å². The van der Waals surface area contributed by atoms with Crippen LogP contribution in [0.3, 0.4) is 0 Å². The highest BCUT2D eigenvalue weighted by molar-refractivity contribution is 9.09. The molecule has 0 aliphatic rings. The van der Waals surface area contributed by atoms with Crippen LogP contribution in [0.2, 0.25) is 10.0 Å². The fourth-order valence-corrected chi connectivity index (χ4v) is 2.85. The number of carbonyl (C=O) groups is 1. The lowest BCUT2D eigenvalue weighted by molar-refractivity contribution is -0.143. The number of nitrogens with one attached hydrogen (secondary N) is 1. The van der Waals surface area contributed by atoms with Crippen molar-refractivity contribution in [1.82, 2.24) is 0 Å². The van der Waals surface area contributed by atoms with Crippen molar-refractivity contribution in [2.45, 2.75) is 26.2 Å². The van der Waals surface area contributed by atoms with Crippen LogP contribution in [0.5, 0.6) is 0 Å². The van der Waals surface area contributed by atoms with Crippen molar-refractivity contribution in [3.8, 4) is 0 Å². The zero-order chi connectivity index (χ0) is 15.0. The molecule has 0 amide bonds. The molecule has 0 spiro atoms. The second-order valence-corrected chi connectivity index (χ2v) is 5.82. The minimum atomic E-state index is -0.181. The van der Waals surface area contributed by atoms with E-state index in [0.717, 1.165) is 23.0 Å². The highest BCUT2D eigenvalue weighted by atomic mass is 79.9. The summed E-state index contributed by atoms with van der Waals surface area (Å²) in [5.74, 6) is -0.181. The van der Waals surface area contributed by atoms with E-state index in [1.807, 2.05) is 12.1 Å². The van der Waals surface area contributed by atoms with Crippen LogP contribution in [0.25, 0.3) is 0 Å². The zero-order valence-corrected chi connectivity index (χ0v) is 14.4. The fraction of sp³-hybridized carbons (Fsp3) is 0.500.